The van der Waals surface area contributed by atoms with Gasteiger partial charge in [0.25, 0.3) is 0 Å². The molecular formula is C13H18N6. The van der Waals surface area contributed by atoms with Gasteiger partial charge in [-0.25, -0.2) is 4.98 Å². The van der Waals surface area contributed by atoms with Crippen LogP contribution >= 0.6 is 0 Å². The topological polar surface area (TPSA) is 67.1 Å². The van der Waals surface area contributed by atoms with Gasteiger partial charge in [0.1, 0.15) is 0 Å². The summed E-state index contributed by atoms with van der Waals surface area (Å²) in [5, 5.41) is 6.46. The van der Waals surface area contributed by atoms with E-state index < -0.39 is 0 Å². The molecular weight excluding hydrogens is 240 g/mol. The molecule has 0 aromatic carbocycles. The molecule has 0 fully saturated rings. The minimum atomic E-state index is 0.658. The normalized spacial score (nSPS) is 11.3. The van der Waals surface area contributed by atoms with E-state index in [9.17, 15) is 0 Å². The Hall–Kier alpha value is -2.37. The molecule has 0 atom stereocenters. The number of imidazole rings is 1. The molecule has 2 N–H and O–H groups in total. The summed E-state index contributed by atoms with van der Waals surface area (Å²) in [6, 6.07) is 5.85. The van der Waals surface area contributed by atoms with Crippen molar-refractivity contribution in [3.63, 3.8) is 0 Å². The maximum Gasteiger partial charge on any atom is 0.191 e. The van der Waals surface area contributed by atoms with Gasteiger partial charge in [0.2, 0.25) is 0 Å². The number of nitrogens with zero attached hydrogens (tertiary/aromatic N) is 4. The first kappa shape index (κ1) is 13.1. The summed E-state index contributed by atoms with van der Waals surface area (Å²) >= 11 is 0. The van der Waals surface area contributed by atoms with Crippen molar-refractivity contribution in [3.8, 4) is 0 Å². The van der Waals surface area contributed by atoms with Crippen molar-refractivity contribution in [1.29, 1.82) is 0 Å². The summed E-state index contributed by atoms with van der Waals surface area (Å²) in [7, 11) is 1.75. The van der Waals surface area contributed by atoms with Crippen LogP contribution < -0.4 is 10.6 Å². The van der Waals surface area contributed by atoms with Gasteiger partial charge in [-0.2, -0.15) is 0 Å². The number of pyridine rings is 1. The highest BCUT2D eigenvalue weighted by molar-refractivity contribution is 5.79. The molecule has 0 radical (unpaired) electrons. The fraction of sp³-hybridized carbons (Fsp3) is 0.308. The lowest BCUT2D eigenvalue weighted by Gasteiger charge is -2.11. The molecule has 0 amide bonds. The zero-order chi connectivity index (χ0) is 13.3. The highest BCUT2D eigenvalue weighted by Gasteiger charge is 1.98. The van der Waals surface area contributed by atoms with Crippen molar-refractivity contribution >= 4 is 5.96 Å². The first-order chi connectivity index (χ1) is 9.38. The van der Waals surface area contributed by atoms with Crippen LogP contribution in [0.5, 0.6) is 0 Å². The molecule has 2 aromatic rings. The van der Waals surface area contributed by atoms with Crippen LogP contribution in [-0.2, 0) is 13.1 Å². The molecule has 6 heteroatoms. The molecule has 0 saturated heterocycles. The van der Waals surface area contributed by atoms with E-state index in [1.807, 2.05) is 29.0 Å². The van der Waals surface area contributed by atoms with E-state index in [4.69, 9.17) is 0 Å². The Morgan fingerprint density at radius 1 is 1.32 bits per heavy atom. The zero-order valence-electron chi connectivity index (χ0n) is 11.0. The second kappa shape index (κ2) is 7.15. The van der Waals surface area contributed by atoms with Crippen LogP contribution in [0.3, 0.4) is 0 Å². The third-order valence-electron chi connectivity index (χ3n) is 2.61. The first-order valence-electron chi connectivity index (χ1n) is 6.18. The van der Waals surface area contributed by atoms with Crippen LogP contribution in [0.2, 0.25) is 0 Å². The second-order valence-corrected chi connectivity index (χ2v) is 3.97. The van der Waals surface area contributed by atoms with Gasteiger partial charge in [0.15, 0.2) is 5.96 Å². The number of nitrogens with one attached hydrogen (secondary N) is 2. The highest BCUT2D eigenvalue weighted by atomic mass is 15.2. The number of aliphatic imine (C=N–C) groups is 1. The lowest BCUT2D eigenvalue weighted by Crippen LogP contribution is -2.38. The molecule has 6 nitrogen and oxygen atoms in total. The Bertz CT molecular complexity index is 491. The Balaban J connectivity index is 1.72. The van der Waals surface area contributed by atoms with Gasteiger partial charge < -0.3 is 15.2 Å². The quantitative estimate of drug-likeness (QED) is 0.610. The molecule has 0 unspecified atom stereocenters. The summed E-state index contributed by atoms with van der Waals surface area (Å²) in [6.07, 6.45) is 7.29. The van der Waals surface area contributed by atoms with Crippen molar-refractivity contribution in [3.05, 3.63) is 48.8 Å². The smallest absolute Gasteiger partial charge is 0.191 e. The van der Waals surface area contributed by atoms with Crippen LogP contribution in [-0.4, -0.2) is 34.1 Å². The molecule has 19 heavy (non-hydrogen) atoms. The Labute approximate surface area is 112 Å². The van der Waals surface area contributed by atoms with E-state index in [1.165, 1.54) is 0 Å². The van der Waals surface area contributed by atoms with Crippen LogP contribution in [0.15, 0.2) is 48.1 Å². The summed E-state index contributed by atoms with van der Waals surface area (Å²) in [5.41, 5.74) is 0.986. The number of guanidine groups is 1. The minimum Gasteiger partial charge on any atom is -0.355 e. The summed E-state index contributed by atoms with van der Waals surface area (Å²) in [5.74, 6) is 0.769. The van der Waals surface area contributed by atoms with Crippen LogP contribution in [0.25, 0.3) is 0 Å². The molecule has 2 aromatic heterocycles. The summed E-state index contributed by atoms with van der Waals surface area (Å²) in [4.78, 5) is 12.4. The van der Waals surface area contributed by atoms with Crippen molar-refractivity contribution in [1.82, 2.24) is 25.2 Å². The number of hydrogen-bond donors (Lipinski definition) is 2. The van der Waals surface area contributed by atoms with Crippen molar-refractivity contribution in [2.75, 3.05) is 13.6 Å². The predicted molar refractivity (Wildman–Crippen MR) is 74.7 cm³/mol. The molecule has 0 saturated carbocycles. The molecule has 0 aliphatic rings. The maximum atomic E-state index is 4.25. The van der Waals surface area contributed by atoms with Crippen LogP contribution in [0, 0.1) is 0 Å². The lowest BCUT2D eigenvalue weighted by molar-refractivity contribution is 0.660. The van der Waals surface area contributed by atoms with Gasteiger partial charge in [-0.15, -0.1) is 0 Å². The van der Waals surface area contributed by atoms with Gasteiger partial charge in [0.05, 0.1) is 18.6 Å². The fourth-order valence-electron chi connectivity index (χ4n) is 1.62. The maximum absolute atomic E-state index is 4.25. The predicted octanol–water partition coefficient (Wildman–Crippen LogP) is 0.643. The first-order valence-corrected chi connectivity index (χ1v) is 6.18. The number of rotatable bonds is 5. The average Bonchev–Trinajstić information content (AvgIpc) is 2.97. The zero-order valence-corrected chi connectivity index (χ0v) is 11.0. The van der Waals surface area contributed by atoms with E-state index in [0.717, 1.165) is 24.7 Å². The average molecular weight is 258 g/mol. The van der Waals surface area contributed by atoms with E-state index in [-0.39, 0.29) is 0 Å². The standard InChI is InChI=1S/C13H18N6/c1-14-13(17-7-9-19-8-6-15-11-19)18-10-12-4-2-3-5-16-12/h2-6,8,11H,7,9-10H2,1H3,(H2,14,17,18). The van der Waals surface area contributed by atoms with E-state index >= 15 is 0 Å². The molecule has 2 heterocycles. The number of hydrogen-bond acceptors (Lipinski definition) is 3. The van der Waals surface area contributed by atoms with Crippen molar-refractivity contribution in [2.24, 2.45) is 4.99 Å². The Kier molecular flexibility index (Phi) is 4.92. The molecule has 0 bridgehead atoms. The van der Waals surface area contributed by atoms with E-state index in [2.05, 4.69) is 25.6 Å². The van der Waals surface area contributed by atoms with Gasteiger partial charge in [-0.05, 0) is 12.1 Å². The van der Waals surface area contributed by atoms with E-state index in [0.29, 0.717) is 6.54 Å². The SMILES string of the molecule is CN=C(NCCn1ccnc1)NCc1ccccn1. The Morgan fingerprint density at radius 3 is 2.95 bits per heavy atom. The molecule has 0 spiro atoms. The van der Waals surface area contributed by atoms with Gasteiger partial charge in [-0.1, -0.05) is 6.07 Å². The van der Waals surface area contributed by atoms with Gasteiger partial charge in [-0.3, -0.25) is 9.98 Å². The summed E-state index contributed by atoms with van der Waals surface area (Å²) in [6.45, 7) is 2.30. The van der Waals surface area contributed by atoms with Crippen LogP contribution in [0.1, 0.15) is 5.69 Å². The van der Waals surface area contributed by atoms with E-state index in [1.54, 1.807) is 25.8 Å². The molecule has 0 aliphatic carbocycles. The summed E-state index contributed by atoms with van der Waals surface area (Å²) < 4.78 is 2.01. The molecule has 2 rings (SSSR count). The number of aromatic nitrogens is 3. The van der Waals surface area contributed by atoms with Crippen molar-refractivity contribution < 1.29 is 0 Å². The van der Waals surface area contributed by atoms with Crippen LogP contribution in [0.4, 0.5) is 0 Å². The highest BCUT2D eigenvalue weighted by Crippen LogP contribution is 1.91. The minimum absolute atomic E-state index is 0.658. The largest absolute Gasteiger partial charge is 0.355 e. The Morgan fingerprint density at radius 2 is 2.26 bits per heavy atom. The molecule has 100 valence electrons. The van der Waals surface area contributed by atoms with Gasteiger partial charge in [0, 0.05) is 38.7 Å². The lowest BCUT2D eigenvalue weighted by atomic mass is 10.3. The van der Waals surface area contributed by atoms with Gasteiger partial charge >= 0.3 is 0 Å². The third kappa shape index (κ3) is 4.42. The second-order valence-electron chi connectivity index (χ2n) is 3.97. The monoisotopic (exact) mass is 258 g/mol. The fourth-order valence-corrected chi connectivity index (χ4v) is 1.62. The third-order valence-corrected chi connectivity index (χ3v) is 2.61. The van der Waals surface area contributed by atoms with Crippen molar-refractivity contribution in [2.45, 2.75) is 13.1 Å². The molecule has 0 aliphatic heterocycles.